The average molecular weight is 245 g/mol. The minimum absolute atomic E-state index is 0.562. The predicted octanol–water partition coefficient (Wildman–Crippen LogP) is 0.612. The molecule has 2 N–H and O–H groups in total. The van der Waals surface area contributed by atoms with Gasteiger partial charge < -0.3 is 14.9 Å². The minimum atomic E-state index is -0.575. The Morgan fingerprint density at radius 2 is 2.00 bits per heavy atom. The van der Waals surface area contributed by atoms with E-state index in [1.165, 1.54) is 5.57 Å². The van der Waals surface area contributed by atoms with E-state index >= 15 is 0 Å². The first-order chi connectivity index (χ1) is 8.69. The lowest BCUT2D eigenvalue weighted by Gasteiger charge is -2.29. The quantitative estimate of drug-likeness (QED) is 0.712. The van der Waals surface area contributed by atoms with E-state index in [2.05, 4.69) is 21.8 Å². The molecule has 0 saturated heterocycles. The van der Waals surface area contributed by atoms with Crippen LogP contribution in [-0.2, 0) is 6.42 Å². The molecule has 5 heteroatoms. The van der Waals surface area contributed by atoms with Gasteiger partial charge in [0.25, 0.3) is 0 Å². The molecule has 0 amide bonds. The van der Waals surface area contributed by atoms with Crippen molar-refractivity contribution in [2.24, 2.45) is 0 Å². The fraction of sp³-hybridized carbons (Fsp3) is 0.385. The number of allylic oxidation sites excluding steroid dienone is 2. The maximum atomic E-state index is 11.4. The molecule has 2 heterocycles. The third-order valence-electron chi connectivity index (χ3n) is 3.59. The Hall–Kier alpha value is -2.04. The smallest absolute Gasteiger partial charge is 0.314 e. The van der Waals surface area contributed by atoms with Crippen LogP contribution in [0.3, 0.4) is 0 Å². The summed E-state index contributed by atoms with van der Waals surface area (Å²) in [6, 6.07) is 0. The van der Waals surface area contributed by atoms with Gasteiger partial charge in [-0.15, -0.1) is 0 Å². The largest absolute Gasteiger partial charge is 0.374 e. The molecule has 1 aromatic rings. The number of H-pyrrole nitrogens is 2. The van der Waals surface area contributed by atoms with Gasteiger partial charge in [0.15, 0.2) is 0 Å². The fourth-order valence-corrected chi connectivity index (χ4v) is 2.57. The molecule has 0 bridgehead atoms. The van der Waals surface area contributed by atoms with Crippen molar-refractivity contribution >= 4 is 5.57 Å². The van der Waals surface area contributed by atoms with Crippen LogP contribution in [-0.4, -0.2) is 28.0 Å². The number of aryl methyl sites for hydroxylation is 1. The monoisotopic (exact) mass is 245 g/mol. The predicted molar refractivity (Wildman–Crippen MR) is 69.3 cm³/mol. The summed E-state index contributed by atoms with van der Waals surface area (Å²) in [5.74, 6) is 0. The first kappa shape index (κ1) is 11.1. The molecule has 1 aliphatic carbocycles. The molecule has 2 aliphatic rings. The van der Waals surface area contributed by atoms with Crippen molar-refractivity contribution in [2.75, 3.05) is 13.1 Å². The van der Waals surface area contributed by atoms with Crippen LogP contribution in [0.5, 0.6) is 0 Å². The Morgan fingerprint density at radius 3 is 2.78 bits per heavy atom. The van der Waals surface area contributed by atoms with Crippen molar-refractivity contribution in [1.82, 2.24) is 14.9 Å². The lowest BCUT2D eigenvalue weighted by molar-refractivity contribution is 0.419. The molecular formula is C13H15N3O2. The van der Waals surface area contributed by atoms with E-state index in [0.717, 1.165) is 42.9 Å². The number of rotatable bonds is 1. The zero-order valence-corrected chi connectivity index (χ0v) is 10.2. The highest BCUT2D eigenvalue weighted by molar-refractivity contribution is 5.78. The van der Waals surface area contributed by atoms with E-state index in [9.17, 15) is 9.59 Å². The summed E-state index contributed by atoms with van der Waals surface area (Å²) in [7, 11) is 0. The Kier molecular flexibility index (Phi) is 2.47. The van der Waals surface area contributed by atoms with E-state index < -0.39 is 11.1 Å². The van der Waals surface area contributed by atoms with E-state index in [-0.39, 0.29) is 0 Å². The van der Waals surface area contributed by atoms with Crippen molar-refractivity contribution in [3.05, 3.63) is 49.9 Å². The summed E-state index contributed by atoms with van der Waals surface area (Å²) in [5, 5.41) is 0. The summed E-state index contributed by atoms with van der Waals surface area (Å²) in [4.78, 5) is 30.3. The third-order valence-corrected chi connectivity index (χ3v) is 3.59. The van der Waals surface area contributed by atoms with Crippen molar-refractivity contribution < 1.29 is 0 Å². The Bertz CT molecular complexity index is 664. The van der Waals surface area contributed by atoms with Crippen molar-refractivity contribution in [3.8, 4) is 0 Å². The van der Waals surface area contributed by atoms with E-state index in [1.54, 1.807) is 0 Å². The molecule has 0 saturated carbocycles. The van der Waals surface area contributed by atoms with Gasteiger partial charge in [0.2, 0.25) is 0 Å². The molecule has 3 rings (SSSR count). The summed E-state index contributed by atoms with van der Waals surface area (Å²) in [6.07, 6.45) is 5.78. The van der Waals surface area contributed by atoms with Crippen LogP contribution in [0.4, 0.5) is 0 Å². The summed E-state index contributed by atoms with van der Waals surface area (Å²) >= 11 is 0. The summed E-state index contributed by atoms with van der Waals surface area (Å²) < 4.78 is 0. The number of fused-ring (bicyclic) bond motifs is 2. The van der Waals surface area contributed by atoms with E-state index in [1.807, 2.05) is 12.3 Å². The molecule has 0 radical (unpaired) electrons. The fourth-order valence-electron chi connectivity index (χ4n) is 2.57. The topological polar surface area (TPSA) is 69.0 Å². The van der Waals surface area contributed by atoms with Crippen molar-refractivity contribution in [2.45, 2.75) is 19.8 Å². The van der Waals surface area contributed by atoms with E-state index in [4.69, 9.17) is 0 Å². The molecule has 94 valence electrons. The second-order valence-electron chi connectivity index (χ2n) is 4.66. The van der Waals surface area contributed by atoms with Crippen molar-refractivity contribution in [3.63, 3.8) is 0 Å². The normalized spacial score (nSPS) is 17.7. The number of hydrogen-bond donors (Lipinski definition) is 2. The minimum Gasteiger partial charge on any atom is -0.374 e. The SMILES string of the molecule is CCN1C=CC2=C(CCc3[nH]c(=O)c(=O)[nH]c32)C1. The molecule has 0 atom stereocenters. The lowest BCUT2D eigenvalue weighted by Crippen LogP contribution is -2.34. The van der Waals surface area contributed by atoms with Crippen LogP contribution in [0.15, 0.2) is 27.4 Å². The summed E-state index contributed by atoms with van der Waals surface area (Å²) in [5.41, 5.74) is 2.88. The molecule has 0 aromatic carbocycles. The first-order valence-electron chi connectivity index (χ1n) is 6.19. The first-order valence-corrected chi connectivity index (χ1v) is 6.19. The number of aromatic nitrogens is 2. The Morgan fingerprint density at radius 1 is 1.22 bits per heavy atom. The van der Waals surface area contributed by atoms with Gasteiger partial charge >= 0.3 is 11.1 Å². The highest BCUT2D eigenvalue weighted by Crippen LogP contribution is 2.31. The van der Waals surface area contributed by atoms with E-state index in [0.29, 0.717) is 0 Å². The average Bonchev–Trinajstić information content (AvgIpc) is 2.39. The Balaban J connectivity index is 2.13. The van der Waals surface area contributed by atoms with Crippen LogP contribution >= 0.6 is 0 Å². The van der Waals surface area contributed by atoms with Crippen molar-refractivity contribution in [1.29, 1.82) is 0 Å². The maximum absolute atomic E-state index is 11.4. The van der Waals surface area contributed by atoms with Crippen LogP contribution in [0.2, 0.25) is 0 Å². The zero-order chi connectivity index (χ0) is 12.7. The number of nitrogens with zero attached hydrogens (tertiary/aromatic N) is 1. The molecule has 1 aromatic heterocycles. The number of aromatic amines is 2. The van der Waals surface area contributed by atoms with Crippen LogP contribution < -0.4 is 11.1 Å². The number of hydrogen-bond acceptors (Lipinski definition) is 3. The van der Waals surface area contributed by atoms with Crippen LogP contribution in [0.1, 0.15) is 24.7 Å². The van der Waals surface area contributed by atoms with Gasteiger partial charge in [-0.2, -0.15) is 0 Å². The van der Waals surface area contributed by atoms with Crippen LogP contribution in [0.25, 0.3) is 5.57 Å². The molecule has 0 unspecified atom stereocenters. The summed E-state index contributed by atoms with van der Waals surface area (Å²) in [6.45, 7) is 4.00. The van der Waals surface area contributed by atoms with Gasteiger partial charge in [-0.25, -0.2) is 0 Å². The van der Waals surface area contributed by atoms with Gasteiger partial charge in [0, 0.05) is 24.4 Å². The Labute approximate surface area is 104 Å². The van der Waals surface area contributed by atoms with Gasteiger partial charge in [-0.3, -0.25) is 9.59 Å². The molecule has 1 aliphatic heterocycles. The highest BCUT2D eigenvalue weighted by atomic mass is 16.2. The maximum Gasteiger partial charge on any atom is 0.314 e. The molecule has 18 heavy (non-hydrogen) atoms. The van der Waals surface area contributed by atoms with Gasteiger partial charge in [-0.05, 0) is 37.6 Å². The van der Waals surface area contributed by atoms with Crippen LogP contribution in [0, 0.1) is 0 Å². The number of nitrogens with one attached hydrogen (secondary N) is 2. The van der Waals surface area contributed by atoms with Gasteiger partial charge in [-0.1, -0.05) is 0 Å². The second-order valence-corrected chi connectivity index (χ2v) is 4.66. The molecular weight excluding hydrogens is 230 g/mol. The highest BCUT2D eigenvalue weighted by Gasteiger charge is 2.22. The second kappa shape index (κ2) is 4.01. The van der Waals surface area contributed by atoms with Gasteiger partial charge in [0.05, 0.1) is 5.69 Å². The molecule has 0 spiro atoms. The zero-order valence-electron chi connectivity index (χ0n) is 10.2. The molecule has 5 nitrogen and oxygen atoms in total. The lowest BCUT2D eigenvalue weighted by atomic mass is 9.90. The van der Waals surface area contributed by atoms with Gasteiger partial charge in [0.1, 0.15) is 0 Å². The standard InChI is InChI=1S/C13H15N3O2/c1-2-16-6-5-9-8(7-16)3-4-10-11(9)15-13(18)12(17)14-10/h5-6H,2-4,7H2,1H3,(H,14,17)(H,15,18). The molecule has 0 fully saturated rings. The third kappa shape index (κ3) is 1.63. The number of likely N-dealkylation sites (N-methyl/N-ethyl adjacent to an activating group) is 1.